The summed E-state index contributed by atoms with van der Waals surface area (Å²) >= 11 is 0. The fraction of sp³-hybridized carbons (Fsp3) is 0.240. The summed E-state index contributed by atoms with van der Waals surface area (Å²) in [5.74, 6) is 1.46. The summed E-state index contributed by atoms with van der Waals surface area (Å²) in [5, 5.41) is 3.14. The molecule has 1 heterocycles. The summed E-state index contributed by atoms with van der Waals surface area (Å²) in [7, 11) is 0. The second-order valence-corrected chi connectivity index (χ2v) is 8.21. The van der Waals surface area contributed by atoms with Crippen LogP contribution in [0.1, 0.15) is 31.0 Å². The minimum atomic E-state index is -0.501. The molecule has 0 radical (unpaired) electrons. The molecule has 1 amide bonds. The number of hydrogen-bond donors (Lipinski definition) is 2. The van der Waals surface area contributed by atoms with Gasteiger partial charge in [-0.15, -0.1) is 0 Å². The lowest BCUT2D eigenvalue weighted by molar-refractivity contribution is -0.118. The number of nitrogen functional groups attached to an aromatic ring is 1. The summed E-state index contributed by atoms with van der Waals surface area (Å²) < 4.78 is 10.9. The van der Waals surface area contributed by atoms with E-state index in [1.54, 1.807) is 0 Å². The molecule has 2 aliphatic rings. The number of carbonyl (C=O) groups is 1. The third-order valence-corrected chi connectivity index (χ3v) is 6.16. The summed E-state index contributed by atoms with van der Waals surface area (Å²) in [6, 6.07) is 17.7. The molecular formula is C25H26N2O3. The van der Waals surface area contributed by atoms with Gasteiger partial charge in [0.05, 0.1) is 5.41 Å². The van der Waals surface area contributed by atoms with Crippen LogP contribution >= 0.6 is 0 Å². The highest BCUT2D eigenvalue weighted by Gasteiger charge is 2.51. The number of ether oxygens (including phenoxy) is 2. The number of amides is 1. The summed E-state index contributed by atoms with van der Waals surface area (Å²) in [6.45, 7) is 4.37. The Morgan fingerprint density at radius 1 is 0.933 bits per heavy atom. The monoisotopic (exact) mass is 402 g/mol. The molecule has 1 aliphatic carbocycles. The van der Waals surface area contributed by atoms with Crippen molar-refractivity contribution in [3.63, 3.8) is 0 Å². The van der Waals surface area contributed by atoms with Crippen molar-refractivity contribution < 1.29 is 15.7 Å². The molecule has 0 atom stereocenters. The van der Waals surface area contributed by atoms with E-state index in [-0.39, 0.29) is 14.1 Å². The Hall–Kier alpha value is -3.47. The normalized spacial score (nSPS) is 15.7. The standard InChI is InChI=1S/C25H24N2O3.H2/c1-15-3-6-18(26)12-20(15)21-13-19(7-4-16(21)2)27-24(28)25(9-10-25)17-5-8-22-23(11-17)30-14-29-22;/h3-8,11-13H,9-10,14,26H2,1-2H3,(H,27,28);1H. The van der Waals surface area contributed by atoms with Gasteiger partial charge in [-0.05, 0) is 90.9 Å². The lowest BCUT2D eigenvalue weighted by Gasteiger charge is -2.18. The van der Waals surface area contributed by atoms with Gasteiger partial charge in [-0.25, -0.2) is 0 Å². The fourth-order valence-electron chi connectivity index (χ4n) is 4.14. The van der Waals surface area contributed by atoms with Crippen molar-refractivity contribution in [3.8, 4) is 22.6 Å². The van der Waals surface area contributed by atoms with Crippen LogP contribution < -0.4 is 20.5 Å². The molecule has 0 spiro atoms. The van der Waals surface area contributed by atoms with Crippen LogP contribution in [-0.2, 0) is 10.2 Å². The molecule has 0 saturated heterocycles. The first kappa shape index (κ1) is 18.6. The van der Waals surface area contributed by atoms with Gasteiger partial charge in [0.2, 0.25) is 12.7 Å². The zero-order chi connectivity index (χ0) is 20.9. The van der Waals surface area contributed by atoms with Crippen molar-refractivity contribution in [2.24, 2.45) is 0 Å². The summed E-state index contributed by atoms with van der Waals surface area (Å²) in [6.07, 6.45) is 1.65. The lowest BCUT2D eigenvalue weighted by Crippen LogP contribution is -2.27. The molecule has 154 valence electrons. The van der Waals surface area contributed by atoms with E-state index < -0.39 is 5.41 Å². The van der Waals surface area contributed by atoms with Crippen LogP contribution in [0.15, 0.2) is 54.6 Å². The van der Waals surface area contributed by atoms with Crippen LogP contribution in [0.25, 0.3) is 11.1 Å². The van der Waals surface area contributed by atoms with E-state index >= 15 is 0 Å². The third-order valence-electron chi connectivity index (χ3n) is 6.16. The quantitative estimate of drug-likeness (QED) is 0.589. The molecule has 5 rings (SSSR count). The molecular weight excluding hydrogens is 376 g/mol. The van der Waals surface area contributed by atoms with E-state index in [9.17, 15) is 4.79 Å². The molecule has 1 fully saturated rings. The van der Waals surface area contributed by atoms with Crippen LogP contribution in [0, 0.1) is 13.8 Å². The number of anilines is 2. The first-order valence-corrected chi connectivity index (χ1v) is 10.1. The van der Waals surface area contributed by atoms with Gasteiger partial charge >= 0.3 is 0 Å². The molecule has 3 N–H and O–H groups in total. The number of hydrogen-bond acceptors (Lipinski definition) is 4. The average Bonchev–Trinajstić information content (AvgIpc) is 3.42. The SMILES string of the molecule is Cc1ccc(N)cc1-c1cc(NC(=O)C2(c3ccc4c(c3)OCO4)CC2)ccc1C.[HH]. The highest BCUT2D eigenvalue weighted by Crippen LogP contribution is 2.51. The highest BCUT2D eigenvalue weighted by atomic mass is 16.7. The minimum Gasteiger partial charge on any atom is -0.454 e. The maximum absolute atomic E-state index is 13.2. The van der Waals surface area contributed by atoms with Gasteiger partial charge in [-0.2, -0.15) is 0 Å². The Kier molecular flexibility index (Phi) is 4.21. The maximum Gasteiger partial charge on any atom is 0.235 e. The fourth-order valence-corrected chi connectivity index (χ4v) is 4.14. The molecule has 0 unspecified atom stereocenters. The van der Waals surface area contributed by atoms with Crippen molar-refractivity contribution in [1.82, 2.24) is 0 Å². The zero-order valence-corrected chi connectivity index (χ0v) is 17.1. The Balaban J connectivity index is 0.00000231. The van der Waals surface area contributed by atoms with E-state index in [1.165, 1.54) is 0 Å². The second-order valence-electron chi connectivity index (χ2n) is 8.21. The van der Waals surface area contributed by atoms with E-state index in [2.05, 4.69) is 19.2 Å². The van der Waals surface area contributed by atoms with Crippen molar-refractivity contribution in [2.45, 2.75) is 32.1 Å². The number of nitrogens with two attached hydrogens (primary N) is 1. The smallest absolute Gasteiger partial charge is 0.235 e. The van der Waals surface area contributed by atoms with E-state index in [0.717, 1.165) is 57.8 Å². The van der Waals surface area contributed by atoms with Crippen LogP contribution in [0.3, 0.4) is 0 Å². The van der Waals surface area contributed by atoms with E-state index in [0.29, 0.717) is 5.75 Å². The molecule has 3 aromatic carbocycles. The number of benzene rings is 3. The van der Waals surface area contributed by atoms with Crippen molar-refractivity contribution in [3.05, 3.63) is 71.3 Å². The average molecular weight is 402 g/mol. The Bertz CT molecular complexity index is 1170. The molecule has 30 heavy (non-hydrogen) atoms. The predicted octanol–water partition coefficient (Wildman–Crippen LogP) is 5.20. The van der Waals surface area contributed by atoms with Gasteiger partial charge in [0.25, 0.3) is 0 Å². The molecule has 1 saturated carbocycles. The van der Waals surface area contributed by atoms with E-state index in [4.69, 9.17) is 15.2 Å². The first-order valence-electron chi connectivity index (χ1n) is 10.1. The van der Waals surface area contributed by atoms with Gasteiger partial charge in [0, 0.05) is 12.8 Å². The predicted molar refractivity (Wildman–Crippen MR) is 120 cm³/mol. The van der Waals surface area contributed by atoms with Crippen molar-refractivity contribution in [1.29, 1.82) is 0 Å². The molecule has 3 aromatic rings. The number of fused-ring (bicyclic) bond motifs is 1. The van der Waals surface area contributed by atoms with Crippen LogP contribution in [-0.4, -0.2) is 12.7 Å². The highest BCUT2D eigenvalue weighted by molar-refractivity contribution is 6.02. The Morgan fingerprint density at radius 3 is 2.40 bits per heavy atom. The van der Waals surface area contributed by atoms with Crippen LogP contribution in [0.4, 0.5) is 11.4 Å². The van der Waals surface area contributed by atoms with Crippen LogP contribution in [0.2, 0.25) is 0 Å². The first-order chi connectivity index (χ1) is 14.5. The van der Waals surface area contributed by atoms with Crippen molar-refractivity contribution >= 4 is 17.3 Å². The zero-order valence-electron chi connectivity index (χ0n) is 17.1. The topological polar surface area (TPSA) is 73.6 Å². The van der Waals surface area contributed by atoms with Gasteiger partial charge < -0.3 is 20.5 Å². The maximum atomic E-state index is 13.2. The van der Waals surface area contributed by atoms with Gasteiger partial charge in [-0.1, -0.05) is 18.2 Å². The Morgan fingerprint density at radius 2 is 1.63 bits per heavy atom. The van der Waals surface area contributed by atoms with Crippen LogP contribution in [0.5, 0.6) is 11.5 Å². The number of rotatable bonds is 4. The largest absolute Gasteiger partial charge is 0.454 e. The molecule has 5 heteroatoms. The molecule has 0 aromatic heterocycles. The second kappa shape index (κ2) is 6.80. The summed E-state index contributed by atoms with van der Waals surface area (Å²) in [5.41, 5.74) is 12.4. The van der Waals surface area contributed by atoms with Crippen molar-refractivity contribution in [2.75, 3.05) is 17.8 Å². The number of aryl methyl sites for hydroxylation is 2. The van der Waals surface area contributed by atoms with Gasteiger partial charge in [0.1, 0.15) is 0 Å². The minimum absolute atomic E-state index is 0. The van der Waals surface area contributed by atoms with E-state index in [1.807, 2.05) is 54.6 Å². The third kappa shape index (κ3) is 3.07. The molecule has 5 nitrogen and oxygen atoms in total. The number of carbonyl (C=O) groups excluding carboxylic acids is 1. The Labute approximate surface area is 177 Å². The molecule has 0 bridgehead atoms. The number of nitrogens with one attached hydrogen (secondary N) is 1. The lowest BCUT2D eigenvalue weighted by atomic mass is 9.93. The molecule has 1 aliphatic heterocycles. The van der Waals surface area contributed by atoms with Gasteiger partial charge in [-0.3, -0.25) is 4.79 Å². The van der Waals surface area contributed by atoms with Gasteiger partial charge in [0.15, 0.2) is 11.5 Å². The summed E-state index contributed by atoms with van der Waals surface area (Å²) in [4.78, 5) is 13.2.